The van der Waals surface area contributed by atoms with E-state index in [0.717, 1.165) is 0 Å². The van der Waals surface area contributed by atoms with Crippen molar-refractivity contribution in [1.29, 1.82) is 0 Å². The summed E-state index contributed by atoms with van der Waals surface area (Å²) in [5.41, 5.74) is -0.132. The van der Waals surface area contributed by atoms with Crippen LogP contribution in [0.3, 0.4) is 0 Å². The van der Waals surface area contributed by atoms with Crippen LogP contribution in [0.2, 0.25) is 0 Å². The number of hydrogen-bond acceptors (Lipinski definition) is 7. The molecule has 2 aromatic heterocycles. The Labute approximate surface area is 108 Å². The molecule has 0 fully saturated rings. The lowest BCUT2D eigenvalue weighted by molar-refractivity contribution is -0.384. The van der Waals surface area contributed by atoms with Crippen LogP contribution in [0, 0.1) is 10.1 Å². The Kier molecular flexibility index (Phi) is 3.55. The number of ether oxygens (including phenoxy) is 1. The number of methoxy groups -OCH3 is 1. The Balaban J connectivity index is 2.29. The second-order valence-electron chi connectivity index (χ2n) is 3.72. The Morgan fingerprint density at radius 3 is 2.89 bits per heavy atom. The molecule has 0 aliphatic rings. The molecule has 0 saturated carbocycles. The molecule has 0 bridgehead atoms. The van der Waals surface area contributed by atoms with Gasteiger partial charge in [0, 0.05) is 12.1 Å². The van der Waals surface area contributed by atoms with Gasteiger partial charge in [0.05, 0.1) is 18.1 Å². The fraction of sp³-hybridized carbons (Fsp3) is 0.300. The number of rotatable bonds is 5. The number of anilines is 1. The molecule has 19 heavy (non-hydrogen) atoms. The number of nitrogens with one attached hydrogen (secondary N) is 2. The molecule has 0 amide bonds. The summed E-state index contributed by atoms with van der Waals surface area (Å²) in [6.45, 7) is 1.78. The predicted octanol–water partition coefficient (Wildman–Crippen LogP) is 1.29. The number of hydrogen-bond donors (Lipinski definition) is 2. The zero-order chi connectivity index (χ0) is 13.8. The van der Waals surface area contributed by atoms with Gasteiger partial charge in [0.1, 0.15) is 12.2 Å². The first-order chi connectivity index (χ1) is 9.11. The van der Waals surface area contributed by atoms with Crippen LogP contribution in [0.4, 0.5) is 11.5 Å². The summed E-state index contributed by atoms with van der Waals surface area (Å²) in [7, 11) is 1.44. The van der Waals surface area contributed by atoms with Crippen LogP contribution in [0.5, 0.6) is 5.88 Å². The minimum atomic E-state index is -0.512. The van der Waals surface area contributed by atoms with Crippen molar-refractivity contribution in [1.82, 2.24) is 20.2 Å². The Bertz CT molecular complexity index is 571. The number of nitrogens with zero attached hydrogens (tertiary/aromatic N) is 4. The van der Waals surface area contributed by atoms with Gasteiger partial charge in [-0.25, -0.2) is 4.98 Å². The molecule has 2 aromatic rings. The SMILES string of the molecule is COc1ccc([N+](=O)[O-])c(NC(C)c2ncn[nH]2)n1. The van der Waals surface area contributed by atoms with Crippen molar-refractivity contribution < 1.29 is 9.66 Å². The topological polar surface area (TPSA) is 119 Å². The number of nitro groups is 1. The Morgan fingerprint density at radius 1 is 1.53 bits per heavy atom. The van der Waals surface area contributed by atoms with E-state index in [2.05, 4.69) is 25.5 Å². The molecule has 2 N–H and O–H groups in total. The Morgan fingerprint density at radius 2 is 2.32 bits per heavy atom. The average molecular weight is 264 g/mol. The van der Waals surface area contributed by atoms with Gasteiger partial charge in [-0.2, -0.15) is 10.1 Å². The van der Waals surface area contributed by atoms with Crippen molar-refractivity contribution in [3.8, 4) is 5.88 Å². The second-order valence-corrected chi connectivity index (χ2v) is 3.72. The van der Waals surface area contributed by atoms with E-state index in [1.807, 2.05) is 0 Å². The number of aromatic amines is 1. The number of pyridine rings is 1. The molecule has 0 saturated heterocycles. The van der Waals surface area contributed by atoms with E-state index < -0.39 is 4.92 Å². The summed E-state index contributed by atoms with van der Waals surface area (Å²) in [6.07, 6.45) is 1.36. The van der Waals surface area contributed by atoms with E-state index in [0.29, 0.717) is 5.82 Å². The molecule has 9 heteroatoms. The van der Waals surface area contributed by atoms with Crippen molar-refractivity contribution in [3.05, 3.63) is 34.4 Å². The maximum absolute atomic E-state index is 10.9. The number of aromatic nitrogens is 4. The van der Waals surface area contributed by atoms with Crippen molar-refractivity contribution >= 4 is 11.5 Å². The van der Waals surface area contributed by atoms with Gasteiger partial charge in [-0.3, -0.25) is 15.2 Å². The predicted molar refractivity (Wildman–Crippen MR) is 65.9 cm³/mol. The molecule has 100 valence electrons. The lowest BCUT2D eigenvalue weighted by Gasteiger charge is -2.12. The zero-order valence-corrected chi connectivity index (χ0v) is 10.3. The zero-order valence-electron chi connectivity index (χ0n) is 10.3. The highest BCUT2D eigenvalue weighted by Crippen LogP contribution is 2.27. The van der Waals surface area contributed by atoms with Crippen molar-refractivity contribution in [2.24, 2.45) is 0 Å². The molecule has 0 aromatic carbocycles. The lowest BCUT2D eigenvalue weighted by atomic mass is 10.3. The normalized spacial score (nSPS) is 11.9. The third-order valence-electron chi connectivity index (χ3n) is 2.45. The van der Waals surface area contributed by atoms with Crippen molar-refractivity contribution in [3.63, 3.8) is 0 Å². The first-order valence-corrected chi connectivity index (χ1v) is 5.43. The highest BCUT2D eigenvalue weighted by Gasteiger charge is 2.19. The van der Waals surface area contributed by atoms with Gasteiger partial charge in [-0.15, -0.1) is 0 Å². The molecule has 1 atom stereocenters. The minimum absolute atomic E-state index is 0.119. The van der Waals surface area contributed by atoms with E-state index in [9.17, 15) is 10.1 Å². The standard InChI is InChI=1S/C10H12N6O3/c1-6(9-11-5-12-15-9)13-10-7(16(17)18)3-4-8(14-10)19-2/h3-6H,1-2H3,(H,13,14)(H,11,12,15). The van der Waals surface area contributed by atoms with Gasteiger partial charge in [0.2, 0.25) is 11.7 Å². The Hall–Kier alpha value is -2.71. The second kappa shape index (κ2) is 5.29. The fourth-order valence-corrected chi connectivity index (χ4v) is 1.50. The summed E-state index contributed by atoms with van der Waals surface area (Å²) in [4.78, 5) is 18.4. The van der Waals surface area contributed by atoms with Gasteiger partial charge < -0.3 is 10.1 Å². The van der Waals surface area contributed by atoms with Gasteiger partial charge in [0.25, 0.3) is 0 Å². The van der Waals surface area contributed by atoms with Crippen LogP contribution >= 0.6 is 0 Å². The molecule has 0 spiro atoms. The first kappa shape index (κ1) is 12.7. The van der Waals surface area contributed by atoms with E-state index in [4.69, 9.17) is 4.74 Å². The summed E-state index contributed by atoms with van der Waals surface area (Å²) in [5, 5.41) is 20.2. The van der Waals surface area contributed by atoms with Crippen LogP contribution in [-0.2, 0) is 0 Å². The fourth-order valence-electron chi connectivity index (χ4n) is 1.50. The molecule has 2 rings (SSSR count). The smallest absolute Gasteiger partial charge is 0.311 e. The summed E-state index contributed by atoms with van der Waals surface area (Å²) >= 11 is 0. The maximum Gasteiger partial charge on any atom is 0.311 e. The van der Waals surface area contributed by atoms with Gasteiger partial charge in [-0.05, 0) is 6.92 Å². The van der Waals surface area contributed by atoms with E-state index in [1.54, 1.807) is 6.92 Å². The quantitative estimate of drug-likeness (QED) is 0.616. The first-order valence-electron chi connectivity index (χ1n) is 5.43. The van der Waals surface area contributed by atoms with Gasteiger partial charge in [-0.1, -0.05) is 0 Å². The largest absolute Gasteiger partial charge is 0.481 e. The van der Waals surface area contributed by atoms with Gasteiger partial charge >= 0.3 is 5.69 Å². The van der Waals surface area contributed by atoms with Crippen LogP contribution in [0.15, 0.2) is 18.5 Å². The monoisotopic (exact) mass is 264 g/mol. The third-order valence-corrected chi connectivity index (χ3v) is 2.45. The molecule has 2 heterocycles. The molecule has 0 radical (unpaired) electrons. The molecule has 9 nitrogen and oxygen atoms in total. The molecule has 1 unspecified atom stereocenters. The highest BCUT2D eigenvalue weighted by atomic mass is 16.6. The van der Waals surface area contributed by atoms with E-state index in [1.165, 1.54) is 25.6 Å². The van der Waals surface area contributed by atoms with E-state index >= 15 is 0 Å². The van der Waals surface area contributed by atoms with Gasteiger partial charge in [0.15, 0.2) is 0 Å². The average Bonchev–Trinajstić information content (AvgIpc) is 2.92. The van der Waals surface area contributed by atoms with Crippen molar-refractivity contribution in [2.75, 3.05) is 12.4 Å². The summed E-state index contributed by atoms with van der Waals surface area (Å²) < 4.78 is 4.95. The third kappa shape index (κ3) is 2.76. The molecular weight excluding hydrogens is 252 g/mol. The van der Waals surface area contributed by atoms with Crippen molar-refractivity contribution in [2.45, 2.75) is 13.0 Å². The molecule has 0 aliphatic carbocycles. The van der Waals surface area contributed by atoms with E-state index in [-0.39, 0.29) is 23.4 Å². The van der Waals surface area contributed by atoms with Crippen LogP contribution in [-0.4, -0.2) is 32.2 Å². The molecule has 0 aliphatic heterocycles. The van der Waals surface area contributed by atoms with Crippen LogP contribution < -0.4 is 10.1 Å². The maximum atomic E-state index is 10.9. The van der Waals surface area contributed by atoms with Crippen LogP contribution in [0.1, 0.15) is 18.8 Å². The minimum Gasteiger partial charge on any atom is -0.481 e. The number of H-pyrrole nitrogens is 1. The highest BCUT2D eigenvalue weighted by molar-refractivity contribution is 5.57. The summed E-state index contributed by atoms with van der Waals surface area (Å²) in [5.74, 6) is 0.963. The van der Waals surface area contributed by atoms with Crippen LogP contribution in [0.25, 0.3) is 0 Å². The lowest BCUT2D eigenvalue weighted by Crippen LogP contribution is -2.11. The molecular formula is C10H12N6O3. The summed E-state index contributed by atoms with van der Waals surface area (Å²) in [6, 6.07) is 2.46.